The second kappa shape index (κ2) is 8.82. The Labute approximate surface area is 173 Å². The molecule has 0 aliphatic carbocycles. The van der Waals surface area contributed by atoms with Crippen molar-refractivity contribution in [2.45, 2.75) is 27.2 Å². The fourth-order valence-corrected chi connectivity index (χ4v) is 3.67. The van der Waals surface area contributed by atoms with Crippen molar-refractivity contribution in [1.29, 1.82) is 0 Å². The Morgan fingerprint density at radius 3 is 2.69 bits per heavy atom. The van der Waals surface area contributed by atoms with Crippen LogP contribution in [0.15, 0.2) is 42.6 Å². The van der Waals surface area contributed by atoms with Crippen molar-refractivity contribution in [2.75, 3.05) is 43.2 Å². The number of aromatic nitrogens is 1. The normalized spacial score (nSPS) is 16.7. The van der Waals surface area contributed by atoms with Gasteiger partial charge in [0.05, 0.1) is 18.4 Å². The molecule has 1 unspecified atom stereocenters. The summed E-state index contributed by atoms with van der Waals surface area (Å²) in [5.41, 5.74) is 1.38. The number of ether oxygens (including phenoxy) is 1. The standard InChI is InChI=1S/C23H31N3O3/c1-23(2,3)16-26(21-7-5-6-11-24-21)22(28)19-9-8-18(29-4)13-20(19)25-12-10-17(14-25)15-27/h5-9,11,13,17,27H,10,12,14-16H2,1-4H3. The number of aliphatic hydroxyl groups is 1. The summed E-state index contributed by atoms with van der Waals surface area (Å²) in [6.45, 7) is 8.57. The van der Waals surface area contributed by atoms with E-state index in [1.165, 1.54) is 0 Å². The van der Waals surface area contributed by atoms with Crippen LogP contribution < -0.4 is 14.5 Å². The highest BCUT2D eigenvalue weighted by Crippen LogP contribution is 2.33. The van der Waals surface area contributed by atoms with E-state index in [1.54, 1.807) is 18.2 Å². The molecule has 156 valence electrons. The van der Waals surface area contributed by atoms with Crippen molar-refractivity contribution in [3.8, 4) is 5.75 Å². The molecule has 0 bridgehead atoms. The van der Waals surface area contributed by atoms with Gasteiger partial charge in [0.2, 0.25) is 0 Å². The lowest BCUT2D eigenvalue weighted by Crippen LogP contribution is -2.39. The van der Waals surface area contributed by atoms with Crippen molar-refractivity contribution in [2.24, 2.45) is 11.3 Å². The highest BCUT2D eigenvalue weighted by molar-refractivity contribution is 6.09. The zero-order chi connectivity index (χ0) is 21.0. The summed E-state index contributed by atoms with van der Waals surface area (Å²) in [5, 5.41) is 9.54. The molecule has 1 amide bonds. The van der Waals surface area contributed by atoms with E-state index < -0.39 is 0 Å². The van der Waals surface area contributed by atoms with Crippen molar-refractivity contribution >= 4 is 17.4 Å². The van der Waals surface area contributed by atoms with Crippen molar-refractivity contribution in [3.05, 3.63) is 48.2 Å². The summed E-state index contributed by atoms with van der Waals surface area (Å²) in [5.74, 6) is 1.50. The summed E-state index contributed by atoms with van der Waals surface area (Å²) >= 11 is 0. The van der Waals surface area contributed by atoms with Crippen molar-refractivity contribution in [3.63, 3.8) is 0 Å². The second-order valence-electron chi connectivity index (χ2n) is 8.81. The van der Waals surface area contributed by atoms with Gasteiger partial charge < -0.3 is 14.7 Å². The Bertz CT molecular complexity index is 833. The average molecular weight is 398 g/mol. The van der Waals surface area contributed by atoms with Crippen LogP contribution in [0.3, 0.4) is 0 Å². The van der Waals surface area contributed by atoms with Crippen LogP contribution in [0.5, 0.6) is 5.75 Å². The zero-order valence-electron chi connectivity index (χ0n) is 17.8. The zero-order valence-corrected chi connectivity index (χ0v) is 17.8. The number of amides is 1. The minimum Gasteiger partial charge on any atom is -0.497 e. The molecule has 0 spiro atoms. The first-order valence-corrected chi connectivity index (χ1v) is 10.1. The van der Waals surface area contributed by atoms with Crippen LogP contribution >= 0.6 is 0 Å². The number of methoxy groups -OCH3 is 1. The number of rotatable bonds is 6. The first-order valence-electron chi connectivity index (χ1n) is 10.1. The van der Waals surface area contributed by atoms with Gasteiger partial charge in [-0.1, -0.05) is 26.8 Å². The van der Waals surface area contributed by atoms with Crippen LogP contribution in [-0.2, 0) is 0 Å². The fraction of sp³-hybridized carbons (Fsp3) is 0.478. The molecule has 1 aromatic heterocycles. The number of hydrogen-bond acceptors (Lipinski definition) is 5. The molecule has 6 nitrogen and oxygen atoms in total. The van der Waals surface area contributed by atoms with Gasteiger partial charge in [-0.15, -0.1) is 0 Å². The summed E-state index contributed by atoms with van der Waals surface area (Å²) in [6.07, 6.45) is 2.62. The summed E-state index contributed by atoms with van der Waals surface area (Å²) < 4.78 is 5.41. The van der Waals surface area contributed by atoms with Crippen molar-refractivity contribution in [1.82, 2.24) is 4.98 Å². The molecule has 0 saturated carbocycles. The number of benzene rings is 1. The third kappa shape index (κ3) is 5.07. The molecule has 1 fully saturated rings. The fourth-order valence-electron chi connectivity index (χ4n) is 3.67. The molecule has 29 heavy (non-hydrogen) atoms. The quantitative estimate of drug-likeness (QED) is 0.807. The monoisotopic (exact) mass is 397 g/mol. The first kappa shape index (κ1) is 21.1. The molecule has 1 aliphatic rings. The SMILES string of the molecule is COc1ccc(C(=O)N(CC(C)(C)C)c2ccccn2)c(N2CCC(CO)C2)c1. The van der Waals surface area contributed by atoms with Gasteiger partial charge >= 0.3 is 0 Å². The number of carbonyl (C=O) groups is 1. The molecule has 1 atom stereocenters. The van der Waals surface area contributed by atoms with E-state index in [0.29, 0.717) is 23.7 Å². The Morgan fingerprint density at radius 2 is 2.10 bits per heavy atom. The molecule has 0 radical (unpaired) electrons. The third-order valence-electron chi connectivity index (χ3n) is 5.12. The van der Waals surface area contributed by atoms with Gasteiger partial charge in [0, 0.05) is 44.4 Å². The van der Waals surface area contributed by atoms with Gasteiger partial charge in [-0.05, 0) is 36.1 Å². The molecule has 1 aliphatic heterocycles. The predicted octanol–water partition coefficient (Wildman–Crippen LogP) is 3.60. The van der Waals surface area contributed by atoms with Crippen molar-refractivity contribution < 1.29 is 14.6 Å². The molecule has 2 aromatic rings. The maximum Gasteiger partial charge on any atom is 0.261 e. The molecule has 3 rings (SSSR count). The van der Waals surface area contributed by atoms with E-state index >= 15 is 0 Å². The molecule has 2 heterocycles. The van der Waals surface area contributed by atoms with Gasteiger partial charge in [0.1, 0.15) is 11.6 Å². The number of hydrogen-bond donors (Lipinski definition) is 1. The number of nitrogens with zero attached hydrogens (tertiary/aromatic N) is 3. The predicted molar refractivity (Wildman–Crippen MR) is 116 cm³/mol. The Kier molecular flexibility index (Phi) is 6.42. The number of aliphatic hydroxyl groups excluding tert-OH is 1. The summed E-state index contributed by atoms with van der Waals surface area (Å²) in [6, 6.07) is 11.2. The van der Waals surface area contributed by atoms with Gasteiger partial charge in [0.15, 0.2) is 0 Å². The van der Waals surface area contributed by atoms with Gasteiger partial charge in [-0.2, -0.15) is 0 Å². The lowest BCUT2D eigenvalue weighted by Gasteiger charge is -2.31. The summed E-state index contributed by atoms with van der Waals surface area (Å²) in [7, 11) is 1.63. The lowest BCUT2D eigenvalue weighted by atomic mass is 9.95. The number of anilines is 2. The van der Waals surface area contributed by atoms with Crippen LogP contribution in [0.1, 0.15) is 37.6 Å². The van der Waals surface area contributed by atoms with Gasteiger partial charge in [-0.3, -0.25) is 9.69 Å². The molecule has 6 heteroatoms. The van der Waals surface area contributed by atoms with E-state index in [-0.39, 0.29) is 23.8 Å². The summed E-state index contributed by atoms with van der Waals surface area (Å²) in [4.78, 5) is 22.1. The highest BCUT2D eigenvalue weighted by Gasteiger charge is 2.30. The number of carbonyl (C=O) groups excluding carboxylic acids is 1. The maximum atomic E-state index is 13.7. The highest BCUT2D eigenvalue weighted by atomic mass is 16.5. The average Bonchev–Trinajstić information content (AvgIpc) is 3.20. The minimum atomic E-state index is -0.0879. The molecule has 1 saturated heterocycles. The van der Waals surface area contributed by atoms with Crippen LogP contribution in [-0.4, -0.2) is 49.3 Å². The minimum absolute atomic E-state index is 0.0799. The van der Waals surface area contributed by atoms with E-state index in [2.05, 4.69) is 30.7 Å². The molecule has 1 N–H and O–H groups in total. The van der Waals surface area contributed by atoms with E-state index in [0.717, 1.165) is 25.2 Å². The Hall–Kier alpha value is -2.60. The molecular weight excluding hydrogens is 366 g/mol. The molecule has 1 aromatic carbocycles. The maximum absolute atomic E-state index is 13.7. The van der Waals surface area contributed by atoms with Crippen LogP contribution in [0.25, 0.3) is 0 Å². The Morgan fingerprint density at radius 1 is 1.31 bits per heavy atom. The van der Waals surface area contributed by atoms with Crippen LogP contribution in [0, 0.1) is 11.3 Å². The van der Waals surface area contributed by atoms with E-state index in [9.17, 15) is 9.90 Å². The van der Waals surface area contributed by atoms with Crippen LogP contribution in [0.2, 0.25) is 0 Å². The van der Waals surface area contributed by atoms with Crippen LogP contribution in [0.4, 0.5) is 11.5 Å². The van der Waals surface area contributed by atoms with Gasteiger partial charge in [0.25, 0.3) is 5.91 Å². The topological polar surface area (TPSA) is 65.9 Å². The Balaban J connectivity index is 2.01. The smallest absolute Gasteiger partial charge is 0.261 e. The first-order chi connectivity index (χ1) is 13.8. The lowest BCUT2D eigenvalue weighted by molar-refractivity contribution is 0.0977. The largest absolute Gasteiger partial charge is 0.497 e. The van der Waals surface area contributed by atoms with Gasteiger partial charge in [-0.25, -0.2) is 4.98 Å². The third-order valence-corrected chi connectivity index (χ3v) is 5.12. The second-order valence-corrected chi connectivity index (χ2v) is 8.81. The molecular formula is C23H31N3O3. The van der Waals surface area contributed by atoms with E-state index in [4.69, 9.17) is 4.74 Å². The van der Waals surface area contributed by atoms with E-state index in [1.807, 2.05) is 36.4 Å². The number of pyridine rings is 1.